The number of benzene rings is 1. The third kappa shape index (κ3) is 5.30. The molecule has 1 N–H and O–H groups in total. The highest BCUT2D eigenvalue weighted by Crippen LogP contribution is 2.23. The normalized spacial score (nSPS) is 17.9. The van der Waals surface area contributed by atoms with Crippen LogP contribution in [0.15, 0.2) is 29.2 Å². The highest BCUT2D eigenvalue weighted by molar-refractivity contribution is 7.89. The minimum Gasteiger partial charge on any atom is -0.296 e. The van der Waals surface area contributed by atoms with Gasteiger partial charge in [0.2, 0.25) is 10.0 Å². The molecule has 0 saturated carbocycles. The molecule has 1 saturated heterocycles. The Morgan fingerprint density at radius 3 is 2.30 bits per heavy atom. The first-order chi connectivity index (χ1) is 11.0. The minimum absolute atomic E-state index is 0.0133. The van der Waals surface area contributed by atoms with E-state index in [2.05, 4.69) is 23.5 Å². The summed E-state index contributed by atoms with van der Waals surface area (Å²) in [7, 11) is -3.45. The van der Waals surface area contributed by atoms with Crippen molar-refractivity contribution in [3.05, 3.63) is 29.8 Å². The van der Waals surface area contributed by atoms with Crippen LogP contribution in [0.5, 0.6) is 0 Å². The average molecular weight is 339 g/mol. The molecule has 2 atom stereocenters. The van der Waals surface area contributed by atoms with Crippen LogP contribution in [0.1, 0.15) is 51.5 Å². The number of hydrogen-bond donors (Lipinski definition) is 1. The van der Waals surface area contributed by atoms with Gasteiger partial charge >= 0.3 is 0 Å². The molecule has 130 valence electrons. The number of hydrogen-bond acceptors (Lipinski definition) is 3. The molecular weight excluding hydrogens is 308 g/mol. The fraction of sp³-hybridized carbons (Fsp3) is 0.667. The molecule has 0 unspecified atom stereocenters. The van der Waals surface area contributed by atoms with E-state index in [1.807, 2.05) is 19.1 Å². The number of aryl methyl sites for hydroxylation is 1. The van der Waals surface area contributed by atoms with Gasteiger partial charge in [-0.15, -0.1) is 0 Å². The largest absolute Gasteiger partial charge is 0.296 e. The Bertz CT molecular complexity index is 580. The number of sulfonamides is 1. The number of rotatable bonds is 10. The van der Waals surface area contributed by atoms with Gasteiger partial charge in [0.05, 0.1) is 4.90 Å². The lowest BCUT2D eigenvalue weighted by molar-refractivity contribution is 0.290. The van der Waals surface area contributed by atoms with Crippen molar-refractivity contribution in [1.29, 1.82) is 0 Å². The summed E-state index contributed by atoms with van der Waals surface area (Å²) in [4.78, 5) is 2.75. The number of unbranched alkanes of at least 4 members (excludes halogenated alkanes) is 2. The summed E-state index contributed by atoms with van der Waals surface area (Å²) in [6.45, 7) is 8.42. The highest BCUT2D eigenvalue weighted by Gasteiger charge is 2.34. The van der Waals surface area contributed by atoms with Crippen molar-refractivity contribution >= 4 is 10.0 Å². The molecule has 0 spiro atoms. The predicted molar refractivity (Wildman–Crippen MR) is 95.1 cm³/mol. The number of nitrogens with one attached hydrogen (secondary N) is 1. The van der Waals surface area contributed by atoms with Crippen molar-refractivity contribution in [2.75, 3.05) is 13.1 Å². The van der Waals surface area contributed by atoms with Gasteiger partial charge < -0.3 is 0 Å². The summed E-state index contributed by atoms with van der Waals surface area (Å²) in [5, 5.41) is 0. The fourth-order valence-electron chi connectivity index (χ4n) is 3.05. The van der Waals surface area contributed by atoms with Gasteiger partial charge in [0.15, 0.2) is 0 Å². The zero-order chi connectivity index (χ0) is 16.9. The number of nitrogens with zero attached hydrogens (tertiary/aromatic N) is 1. The molecule has 0 amide bonds. The zero-order valence-corrected chi connectivity index (χ0v) is 15.4. The van der Waals surface area contributed by atoms with Crippen LogP contribution in [0.2, 0.25) is 0 Å². The van der Waals surface area contributed by atoms with Crippen LogP contribution in [0, 0.1) is 6.92 Å². The summed E-state index contributed by atoms with van der Waals surface area (Å²) in [5.41, 5.74) is 1.07. The van der Waals surface area contributed by atoms with Crippen LogP contribution >= 0.6 is 0 Å². The maximum absolute atomic E-state index is 12.7. The molecule has 5 heteroatoms. The maximum atomic E-state index is 12.7. The first kappa shape index (κ1) is 18.4. The molecule has 0 bridgehead atoms. The Kier molecular flexibility index (Phi) is 6.62. The van der Waals surface area contributed by atoms with E-state index < -0.39 is 10.0 Å². The molecule has 2 rings (SSSR count). The quantitative estimate of drug-likeness (QED) is 0.526. The van der Waals surface area contributed by atoms with E-state index in [0.29, 0.717) is 10.9 Å². The second-order valence-corrected chi connectivity index (χ2v) is 8.26. The van der Waals surface area contributed by atoms with Crippen LogP contribution in [0.25, 0.3) is 0 Å². The Labute approximate surface area is 141 Å². The van der Waals surface area contributed by atoms with Gasteiger partial charge in [-0.2, -0.15) is 0 Å². The summed E-state index contributed by atoms with van der Waals surface area (Å²) < 4.78 is 28.3. The van der Waals surface area contributed by atoms with E-state index in [4.69, 9.17) is 0 Å². The van der Waals surface area contributed by atoms with Crippen LogP contribution in [-0.2, 0) is 10.0 Å². The van der Waals surface area contributed by atoms with E-state index >= 15 is 0 Å². The molecular formula is C18H30N2O2S. The van der Waals surface area contributed by atoms with Gasteiger partial charge in [0.25, 0.3) is 0 Å². The van der Waals surface area contributed by atoms with Gasteiger partial charge in [0.1, 0.15) is 0 Å². The summed E-state index contributed by atoms with van der Waals surface area (Å²) in [6, 6.07) is 7.38. The lowest BCUT2D eigenvalue weighted by Crippen LogP contribution is -2.46. The Morgan fingerprint density at radius 2 is 1.78 bits per heavy atom. The highest BCUT2D eigenvalue weighted by atomic mass is 32.2. The molecule has 1 heterocycles. The third-order valence-corrected chi connectivity index (χ3v) is 6.10. The van der Waals surface area contributed by atoms with Crippen molar-refractivity contribution < 1.29 is 8.42 Å². The average Bonchev–Trinajstić information content (AvgIpc) is 3.35. The predicted octanol–water partition coefficient (Wildman–Crippen LogP) is 3.32. The molecule has 4 nitrogen and oxygen atoms in total. The summed E-state index contributed by atoms with van der Waals surface area (Å²) >= 11 is 0. The van der Waals surface area contributed by atoms with Crippen LogP contribution < -0.4 is 4.72 Å². The molecule has 1 aromatic carbocycles. The maximum Gasteiger partial charge on any atom is 0.240 e. The second kappa shape index (κ2) is 8.27. The first-order valence-electron chi connectivity index (χ1n) is 8.81. The molecule has 0 aliphatic carbocycles. The van der Waals surface area contributed by atoms with E-state index in [1.54, 1.807) is 12.1 Å². The summed E-state index contributed by atoms with van der Waals surface area (Å²) in [6.07, 6.45) is 5.46. The van der Waals surface area contributed by atoms with Crippen molar-refractivity contribution in [2.24, 2.45) is 0 Å². The first-order valence-corrected chi connectivity index (χ1v) is 10.3. The molecule has 1 aliphatic rings. The zero-order valence-electron chi connectivity index (χ0n) is 14.6. The third-order valence-electron chi connectivity index (χ3n) is 4.60. The minimum atomic E-state index is -3.45. The lowest BCUT2D eigenvalue weighted by Gasteiger charge is -2.28. The van der Waals surface area contributed by atoms with Crippen molar-refractivity contribution in [3.63, 3.8) is 0 Å². The monoisotopic (exact) mass is 338 g/mol. The van der Waals surface area contributed by atoms with E-state index in [9.17, 15) is 8.42 Å². The molecule has 1 aliphatic heterocycles. The van der Waals surface area contributed by atoms with Gasteiger partial charge in [-0.25, -0.2) is 13.1 Å². The standard InChI is InChI=1S/C18H30N2O2S/c1-4-6-7-8-18(20-13-14-20)17(5-2)19-23(21,22)16-11-9-15(3)10-12-16/h9-12,17-19H,4-8,13-14H2,1-3H3/t17-,18+/m0/s1. The van der Waals surface area contributed by atoms with Crippen LogP contribution in [-0.4, -0.2) is 38.5 Å². The Morgan fingerprint density at radius 1 is 1.13 bits per heavy atom. The molecule has 0 aromatic heterocycles. The Hall–Kier alpha value is -0.910. The van der Waals surface area contributed by atoms with E-state index in [1.165, 1.54) is 19.3 Å². The smallest absolute Gasteiger partial charge is 0.240 e. The van der Waals surface area contributed by atoms with Gasteiger partial charge in [0, 0.05) is 25.2 Å². The van der Waals surface area contributed by atoms with Crippen LogP contribution in [0.4, 0.5) is 0 Å². The van der Waals surface area contributed by atoms with Gasteiger partial charge in [-0.05, 0) is 31.9 Å². The van der Waals surface area contributed by atoms with Crippen molar-refractivity contribution in [1.82, 2.24) is 9.62 Å². The van der Waals surface area contributed by atoms with E-state index in [0.717, 1.165) is 31.5 Å². The SMILES string of the molecule is CCCCC[C@H]([C@H](CC)NS(=O)(=O)c1ccc(C)cc1)N1CC1. The fourth-order valence-corrected chi connectivity index (χ4v) is 4.40. The lowest BCUT2D eigenvalue weighted by atomic mass is 10.00. The molecule has 1 aromatic rings. The van der Waals surface area contributed by atoms with Gasteiger partial charge in [-0.3, -0.25) is 4.90 Å². The topological polar surface area (TPSA) is 49.2 Å². The summed E-state index contributed by atoms with van der Waals surface area (Å²) in [5.74, 6) is 0. The molecule has 0 radical (unpaired) electrons. The second-order valence-electron chi connectivity index (χ2n) is 6.55. The van der Waals surface area contributed by atoms with Crippen molar-refractivity contribution in [3.8, 4) is 0 Å². The molecule has 23 heavy (non-hydrogen) atoms. The van der Waals surface area contributed by atoms with Gasteiger partial charge in [-0.1, -0.05) is 50.8 Å². The Balaban J connectivity index is 2.08. The van der Waals surface area contributed by atoms with Crippen molar-refractivity contribution in [2.45, 2.75) is 69.9 Å². The molecule has 1 fully saturated rings. The van der Waals surface area contributed by atoms with Crippen LogP contribution in [0.3, 0.4) is 0 Å². The van der Waals surface area contributed by atoms with E-state index in [-0.39, 0.29) is 6.04 Å².